The lowest BCUT2D eigenvalue weighted by Crippen LogP contribution is -3.06. The largest absolute Gasteiger partial charge is 0.454 e. The molecule has 1 aromatic heterocycles. The Bertz CT molecular complexity index is 655. The first-order valence-electron chi connectivity index (χ1n) is 7.16. The van der Waals surface area contributed by atoms with Crippen LogP contribution >= 0.6 is 11.3 Å². The Hall–Kier alpha value is -2.05. The zero-order chi connectivity index (χ0) is 15.5. The van der Waals surface area contributed by atoms with Gasteiger partial charge >= 0.3 is 0 Å². The van der Waals surface area contributed by atoms with Gasteiger partial charge in [-0.05, 0) is 29.6 Å². The minimum Gasteiger partial charge on any atom is -0.454 e. The van der Waals surface area contributed by atoms with E-state index in [2.05, 4.69) is 30.9 Å². The lowest BCUT2D eigenvalue weighted by atomic mass is 10.1. The van der Waals surface area contributed by atoms with Crippen LogP contribution in [0.5, 0.6) is 11.5 Å². The molecule has 0 bridgehead atoms. The Labute approximate surface area is 133 Å². The van der Waals surface area contributed by atoms with Crippen LogP contribution in [0.1, 0.15) is 21.3 Å². The number of fused-ring (bicyclic) bond motifs is 1. The second kappa shape index (κ2) is 6.37. The summed E-state index contributed by atoms with van der Waals surface area (Å²) in [5.41, 5.74) is 0.586. The normalized spacial score (nSPS) is 14.1. The van der Waals surface area contributed by atoms with E-state index < -0.39 is 0 Å². The maximum absolute atomic E-state index is 12.3. The molecule has 3 rings (SSSR count). The molecule has 1 atom stereocenters. The highest BCUT2D eigenvalue weighted by molar-refractivity contribution is 7.10. The number of benzene rings is 1. The van der Waals surface area contributed by atoms with Gasteiger partial charge in [-0.25, -0.2) is 0 Å². The van der Waals surface area contributed by atoms with E-state index >= 15 is 0 Å². The van der Waals surface area contributed by atoms with Crippen molar-refractivity contribution in [1.29, 1.82) is 0 Å². The zero-order valence-corrected chi connectivity index (χ0v) is 13.4. The average molecular weight is 319 g/mol. The summed E-state index contributed by atoms with van der Waals surface area (Å²) in [6, 6.07) is 9.64. The first kappa shape index (κ1) is 14.9. The fourth-order valence-electron chi connectivity index (χ4n) is 2.41. The lowest BCUT2D eigenvalue weighted by molar-refractivity contribution is -0.890. The molecule has 2 aromatic rings. The van der Waals surface area contributed by atoms with E-state index in [1.807, 2.05) is 6.07 Å². The van der Waals surface area contributed by atoms with Gasteiger partial charge in [0.15, 0.2) is 11.5 Å². The molecule has 1 aliphatic rings. The van der Waals surface area contributed by atoms with Crippen LogP contribution in [0.25, 0.3) is 0 Å². The highest BCUT2D eigenvalue weighted by atomic mass is 32.1. The molecule has 6 heteroatoms. The highest BCUT2D eigenvalue weighted by Gasteiger charge is 2.21. The minimum absolute atomic E-state index is 0.0962. The summed E-state index contributed by atoms with van der Waals surface area (Å²) in [7, 11) is 4.19. The summed E-state index contributed by atoms with van der Waals surface area (Å²) in [5, 5.41) is 5.07. The van der Waals surface area contributed by atoms with Crippen molar-refractivity contribution in [2.45, 2.75) is 6.04 Å². The molecule has 22 heavy (non-hydrogen) atoms. The third-order valence-electron chi connectivity index (χ3n) is 3.69. The van der Waals surface area contributed by atoms with Crippen LogP contribution in [0.2, 0.25) is 0 Å². The number of rotatable bonds is 5. The summed E-state index contributed by atoms with van der Waals surface area (Å²) in [6.07, 6.45) is 0. The molecule has 116 valence electrons. The number of amides is 1. The molecule has 1 aromatic carbocycles. The van der Waals surface area contributed by atoms with Crippen LogP contribution in [-0.4, -0.2) is 33.3 Å². The maximum Gasteiger partial charge on any atom is 0.251 e. The molecule has 1 aliphatic heterocycles. The van der Waals surface area contributed by atoms with Crippen LogP contribution in [-0.2, 0) is 0 Å². The van der Waals surface area contributed by atoms with Crippen molar-refractivity contribution in [3.8, 4) is 11.5 Å². The van der Waals surface area contributed by atoms with Gasteiger partial charge in [-0.1, -0.05) is 6.07 Å². The molecule has 1 amide bonds. The number of carbonyl (C=O) groups is 1. The summed E-state index contributed by atoms with van der Waals surface area (Å²) in [6.45, 7) is 0.807. The first-order valence-corrected chi connectivity index (χ1v) is 8.04. The molecule has 0 spiro atoms. The van der Waals surface area contributed by atoms with E-state index in [1.165, 1.54) is 9.78 Å². The Morgan fingerprint density at radius 2 is 2.14 bits per heavy atom. The van der Waals surface area contributed by atoms with E-state index in [9.17, 15) is 4.79 Å². The third-order valence-corrected chi connectivity index (χ3v) is 4.67. The van der Waals surface area contributed by atoms with E-state index in [0.29, 0.717) is 23.6 Å². The van der Waals surface area contributed by atoms with Crippen molar-refractivity contribution in [2.75, 3.05) is 27.4 Å². The summed E-state index contributed by atoms with van der Waals surface area (Å²) < 4.78 is 10.6. The fourth-order valence-corrected chi connectivity index (χ4v) is 3.37. The van der Waals surface area contributed by atoms with E-state index in [1.54, 1.807) is 29.5 Å². The van der Waals surface area contributed by atoms with Gasteiger partial charge in [0.2, 0.25) is 6.79 Å². The van der Waals surface area contributed by atoms with Gasteiger partial charge in [0.1, 0.15) is 6.04 Å². The molecule has 0 saturated heterocycles. The first-order chi connectivity index (χ1) is 10.6. The molecule has 0 saturated carbocycles. The lowest BCUT2D eigenvalue weighted by Gasteiger charge is -2.20. The second-order valence-corrected chi connectivity index (χ2v) is 6.40. The van der Waals surface area contributed by atoms with Gasteiger partial charge in [0.25, 0.3) is 5.91 Å². The van der Waals surface area contributed by atoms with Crippen molar-refractivity contribution in [2.24, 2.45) is 0 Å². The number of hydrogen-bond donors (Lipinski definition) is 2. The van der Waals surface area contributed by atoms with Gasteiger partial charge in [0.05, 0.1) is 25.5 Å². The maximum atomic E-state index is 12.3. The molecule has 5 nitrogen and oxygen atoms in total. The fraction of sp³-hybridized carbons (Fsp3) is 0.312. The monoisotopic (exact) mass is 319 g/mol. The average Bonchev–Trinajstić information content (AvgIpc) is 3.17. The molecule has 0 fully saturated rings. The third kappa shape index (κ3) is 3.08. The van der Waals surface area contributed by atoms with Gasteiger partial charge < -0.3 is 19.7 Å². The zero-order valence-electron chi connectivity index (χ0n) is 12.6. The van der Waals surface area contributed by atoms with Crippen LogP contribution in [0, 0.1) is 0 Å². The standard InChI is InChI=1S/C16H18N2O3S/c1-18(2)12(15-4-3-7-22-15)9-17-16(19)11-5-6-13-14(8-11)21-10-20-13/h3-8,12H,9-10H2,1-2H3,(H,17,19)/p+1/t12-/m0/s1. The Balaban J connectivity index is 1.66. The van der Waals surface area contributed by atoms with Crippen LogP contribution in [0.4, 0.5) is 0 Å². The molecular formula is C16H19N2O3S+. The Morgan fingerprint density at radius 3 is 2.86 bits per heavy atom. The predicted molar refractivity (Wildman–Crippen MR) is 84.8 cm³/mol. The summed E-state index contributed by atoms with van der Waals surface area (Å²) in [4.78, 5) is 14.9. The molecule has 0 unspecified atom stereocenters. The molecule has 2 N–H and O–H groups in total. The molecule has 0 radical (unpaired) electrons. The van der Waals surface area contributed by atoms with Crippen LogP contribution in [0.3, 0.4) is 0 Å². The SMILES string of the molecule is C[NH+](C)[C@@H](CNC(=O)c1ccc2c(c1)OCO2)c1cccs1. The number of nitrogens with one attached hydrogen (secondary N) is 2. The number of likely N-dealkylation sites (N-methyl/N-ethyl adjacent to an activating group) is 1. The van der Waals surface area contributed by atoms with E-state index in [4.69, 9.17) is 9.47 Å². The summed E-state index contributed by atoms with van der Waals surface area (Å²) in [5.74, 6) is 1.22. The van der Waals surface area contributed by atoms with Crippen LogP contribution in [0.15, 0.2) is 35.7 Å². The van der Waals surface area contributed by atoms with Crippen molar-refractivity contribution in [1.82, 2.24) is 5.32 Å². The van der Waals surface area contributed by atoms with E-state index in [-0.39, 0.29) is 18.7 Å². The van der Waals surface area contributed by atoms with Gasteiger partial charge in [0, 0.05) is 5.56 Å². The van der Waals surface area contributed by atoms with Gasteiger partial charge in [-0.2, -0.15) is 0 Å². The topological polar surface area (TPSA) is 52.0 Å². The van der Waals surface area contributed by atoms with Crippen molar-refractivity contribution in [3.05, 3.63) is 46.2 Å². The van der Waals surface area contributed by atoms with Crippen molar-refractivity contribution >= 4 is 17.2 Å². The number of ether oxygens (including phenoxy) is 2. The quantitative estimate of drug-likeness (QED) is 0.867. The van der Waals surface area contributed by atoms with Crippen molar-refractivity contribution < 1.29 is 19.2 Å². The van der Waals surface area contributed by atoms with Gasteiger partial charge in [-0.15, -0.1) is 11.3 Å². The number of hydrogen-bond acceptors (Lipinski definition) is 4. The van der Waals surface area contributed by atoms with Gasteiger partial charge in [-0.3, -0.25) is 4.79 Å². The predicted octanol–water partition coefficient (Wildman–Crippen LogP) is 1.09. The second-order valence-electron chi connectivity index (χ2n) is 5.42. The number of carbonyl (C=O) groups excluding carboxylic acids is 1. The van der Waals surface area contributed by atoms with E-state index in [0.717, 1.165) is 0 Å². The van der Waals surface area contributed by atoms with Crippen molar-refractivity contribution in [3.63, 3.8) is 0 Å². The molecular weight excluding hydrogens is 300 g/mol. The Morgan fingerprint density at radius 1 is 1.32 bits per heavy atom. The molecule has 2 heterocycles. The Kier molecular flexibility index (Phi) is 4.31. The van der Waals surface area contributed by atoms with Crippen LogP contribution < -0.4 is 19.7 Å². The smallest absolute Gasteiger partial charge is 0.251 e. The highest BCUT2D eigenvalue weighted by Crippen LogP contribution is 2.32. The minimum atomic E-state index is -0.0962. The number of quaternary nitrogens is 1. The molecule has 0 aliphatic carbocycles. The summed E-state index contributed by atoms with van der Waals surface area (Å²) >= 11 is 1.71. The number of thiophene rings is 1.